The van der Waals surface area contributed by atoms with Gasteiger partial charge in [-0.2, -0.15) is 0 Å². The molecule has 0 N–H and O–H groups in total. The van der Waals surface area contributed by atoms with Gasteiger partial charge in [0.15, 0.2) is 5.65 Å². The number of imidazole rings is 1. The van der Waals surface area contributed by atoms with Crippen molar-refractivity contribution >= 4 is 22.8 Å². The minimum atomic E-state index is -0.150. The minimum absolute atomic E-state index is 0.119. The molecule has 0 spiro atoms. The number of hydrogen-bond donors (Lipinski definition) is 0. The maximum atomic E-state index is 6.35. The summed E-state index contributed by atoms with van der Waals surface area (Å²) in [5, 5.41) is -0.150. The summed E-state index contributed by atoms with van der Waals surface area (Å²) in [5.41, 5.74) is 2.70. The van der Waals surface area contributed by atoms with Gasteiger partial charge in [0.25, 0.3) is 0 Å². The first-order chi connectivity index (χ1) is 9.51. The molecule has 1 saturated heterocycles. The summed E-state index contributed by atoms with van der Waals surface area (Å²) in [4.78, 5) is 9.37. The molecule has 2 atom stereocenters. The summed E-state index contributed by atoms with van der Waals surface area (Å²) < 4.78 is 7.90. The fourth-order valence-electron chi connectivity index (χ4n) is 2.96. The third-order valence-electron chi connectivity index (χ3n) is 3.98. The van der Waals surface area contributed by atoms with Crippen LogP contribution in [0.4, 0.5) is 0 Å². The van der Waals surface area contributed by atoms with Gasteiger partial charge in [-0.15, -0.1) is 11.6 Å². The van der Waals surface area contributed by atoms with Gasteiger partial charge in [-0.3, -0.25) is 0 Å². The predicted octanol–water partition coefficient (Wildman–Crippen LogP) is 3.57. The zero-order chi connectivity index (χ0) is 14.3. The zero-order valence-electron chi connectivity index (χ0n) is 12.2. The van der Waals surface area contributed by atoms with Crippen LogP contribution in [0.25, 0.3) is 11.2 Å². The van der Waals surface area contributed by atoms with E-state index in [1.807, 2.05) is 26.0 Å². The minimum Gasteiger partial charge on any atom is -0.379 e. The van der Waals surface area contributed by atoms with Gasteiger partial charge in [-0.1, -0.05) is 0 Å². The normalized spacial score (nSPS) is 25.0. The molecule has 2 unspecified atom stereocenters. The first-order valence-corrected chi connectivity index (χ1v) is 7.53. The number of nitrogens with zero attached hydrogens (tertiary/aromatic N) is 3. The molecule has 3 heterocycles. The molecule has 0 aromatic carbocycles. The molecule has 1 aliphatic heterocycles. The van der Waals surface area contributed by atoms with Crippen LogP contribution in [0.2, 0.25) is 0 Å². The Morgan fingerprint density at radius 2 is 2.20 bits per heavy atom. The van der Waals surface area contributed by atoms with Crippen LogP contribution >= 0.6 is 11.6 Å². The molecule has 5 heteroatoms. The van der Waals surface area contributed by atoms with Gasteiger partial charge < -0.3 is 9.30 Å². The Kier molecular flexibility index (Phi) is 3.46. The number of halogens is 1. The highest BCUT2D eigenvalue weighted by Crippen LogP contribution is 2.35. The van der Waals surface area contributed by atoms with Crippen molar-refractivity contribution < 1.29 is 4.74 Å². The number of aromatic nitrogens is 3. The van der Waals surface area contributed by atoms with Crippen molar-refractivity contribution in [3.05, 3.63) is 23.7 Å². The molecule has 108 valence electrons. The Morgan fingerprint density at radius 1 is 1.40 bits per heavy atom. The summed E-state index contributed by atoms with van der Waals surface area (Å²) in [6, 6.07) is 4.01. The van der Waals surface area contributed by atoms with E-state index in [4.69, 9.17) is 16.3 Å². The number of fused-ring (bicyclic) bond motifs is 1. The molecule has 20 heavy (non-hydrogen) atoms. The van der Waals surface area contributed by atoms with E-state index in [2.05, 4.69) is 21.5 Å². The molecule has 1 fully saturated rings. The van der Waals surface area contributed by atoms with Crippen LogP contribution in [-0.4, -0.2) is 27.7 Å². The van der Waals surface area contributed by atoms with Crippen LogP contribution in [0, 0.1) is 6.92 Å². The van der Waals surface area contributed by atoms with Crippen molar-refractivity contribution in [1.29, 1.82) is 0 Å². The molecule has 0 radical (unpaired) electrons. The second kappa shape index (κ2) is 5.01. The van der Waals surface area contributed by atoms with E-state index in [0.717, 1.165) is 42.1 Å². The monoisotopic (exact) mass is 293 g/mol. The van der Waals surface area contributed by atoms with Crippen LogP contribution in [0.3, 0.4) is 0 Å². The van der Waals surface area contributed by atoms with E-state index in [1.54, 1.807) is 0 Å². The maximum Gasteiger partial charge on any atom is 0.160 e. The third kappa shape index (κ3) is 2.21. The Labute approximate surface area is 124 Å². The third-order valence-corrected chi connectivity index (χ3v) is 4.18. The molecule has 0 amide bonds. The molecule has 0 bridgehead atoms. The Morgan fingerprint density at radius 3 is 2.85 bits per heavy atom. The van der Waals surface area contributed by atoms with Gasteiger partial charge in [-0.25, -0.2) is 9.97 Å². The highest BCUT2D eigenvalue weighted by molar-refractivity contribution is 6.20. The Balaban J connectivity index is 2.25. The van der Waals surface area contributed by atoms with Gasteiger partial charge in [0, 0.05) is 12.3 Å². The first kappa shape index (κ1) is 13.8. The van der Waals surface area contributed by atoms with E-state index in [-0.39, 0.29) is 10.9 Å². The van der Waals surface area contributed by atoms with Gasteiger partial charge in [0.1, 0.15) is 11.3 Å². The average Bonchev–Trinajstić information content (AvgIpc) is 2.79. The van der Waals surface area contributed by atoms with Gasteiger partial charge >= 0.3 is 0 Å². The predicted molar refractivity (Wildman–Crippen MR) is 80.2 cm³/mol. The average molecular weight is 294 g/mol. The van der Waals surface area contributed by atoms with Crippen molar-refractivity contribution in [2.75, 3.05) is 13.2 Å². The van der Waals surface area contributed by atoms with Gasteiger partial charge in [-0.05, 0) is 45.7 Å². The molecule has 1 aliphatic rings. The van der Waals surface area contributed by atoms with Crippen molar-refractivity contribution in [2.24, 2.45) is 0 Å². The van der Waals surface area contributed by atoms with Crippen LogP contribution in [-0.2, 0) is 10.3 Å². The van der Waals surface area contributed by atoms with Crippen molar-refractivity contribution in [3.8, 4) is 0 Å². The number of hydrogen-bond acceptors (Lipinski definition) is 3. The topological polar surface area (TPSA) is 39.9 Å². The Bertz CT molecular complexity index is 629. The second-order valence-corrected chi connectivity index (χ2v) is 6.52. The lowest BCUT2D eigenvalue weighted by Gasteiger charge is -2.36. The number of rotatable bonds is 2. The fourth-order valence-corrected chi connectivity index (χ4v) is 3.11. The standard InChI is InChI=1S/C15H20ClN3O/c1-10-5-6-12-14(17-10)19(13(18-12)11(2)16)15(3)7-4-8-20-9-15/h5-6,11H,4,7-9H2,1-3H3. The summed E-state index contributed by atoms with van der Waals surface area (Å²) in [6.07, 6.45) is 2.11. The summed E-state index contributed by atoms with van der Waals surface area (Å²) in [7, 11) is 0. The van der Waals surface area contributed by atoms with E-state index in [1.165, 1.54) is 0 Å². The Hall–Kier alpha value is -1.13. The van der Waals surface area contributed by atoms with Crippen LogP contribution < -0.4 is 0 Å². The maximum absolute atomic E-state index is 6.35. The molecule has 4 nitrogen and oxygen atoms in total. The second-order valence-electron chi connectivity index (χ2n) is 5.87. The van der Waals surface area contributed by atoms with E-state index >= 15 is 0 Å². The molecule has 2 aromatic rings. The lowest BCUT2D eigenvalue weighted by Crippen LogP contribution is -2.40. The molecular formula is C15H20ClN3O. The highest BCUT2D eigenvalue weighted by atomic mass is 35.5. The molecule has 0 saturated carbocycles. The summed E-state index contributed by atoms with van der Waals surface area (Å²) in [5.74, 6) is 0.882. The highest BCUT2D eigenvalue weighted by Gasteiger charge is 2.34. The number of aryl methyl sites for hydroxylation is 1. The van der Waals surface area contributed by atoms with Crippen molar-refractivity contribution in [2.45, 2.75) is 44.5 Å². The smallest absolute Gasteiger partial charge is 0.160 e. The molecular weight excluding hydrogens is 274 g/mol. The molecule has 3 rings (SSSR count). The van der Waals surface area contributed by atoms with E-state index in [9.17, 15) is 0 Å². The first-order valence-electron chi connectivity index (χ1n) is 7.09. The number of ether oxygens (including phenoxy) is 1. The van der Waals surface area contributed by atoms with Crippen molar-refractivity contribution in [3.63, 3.8) is 0 Å². The SMILES string of the molecule is Cc1ccc2nc(C(C)Cl)n(C3(C)CCCOC3)c2n1. The molecule has 0 aliphatic carbocycles. The van der Waals surface area contributed by atoms with Gasteiger partial charge in [0.2, 0.25) is 0 Å². The lowest BCUT2D eigenvalue weighted by molar-refractivity contribution is 0.00987. The zero-order valence-corrected chi connectivity index (χ0v) is 12.9. The summed E-state index contributed by atoms with van der Waals surface area (Å²) >= 11 is 6.35. The lowest BCUT2D eigenvalue weighted by atomic mass is 9.94. The van der Waals surface area contributed by atoms with Crippen LogP contribution in [0.1, 0.15) is 43.6 Å². The van der Waals surface area contributed by atoms with E-state index in [0.29, 0.717) is 6.61 Å². The van der Waals surface area contributed by atoms with Gasteiger partial charge in [0.05, 0.1) is 17.5 Å². The largest absolute Gasteiger partial charge is 0.379 e. The van der Waals surface area contributed by atoms with Crippen LogP contribution in [0.5, 0.6) is 0 Å². The van der Waals surface area contributed by atoms with Crippen LogP contribution in [0.15, 0.2) is 12.1 Å². The number of alkyl halides is 1. The fraction of sp³-hybridized carbons (Fsp3) is 0.600. The van der Waals surface area contributed by atoms with E-state index < -0.39 is 0 Å². The summed E-state index contributed by atoms with van der Waals surface area (Å²) in [6.45, 7) is 7.69. The quantitative estimate of drug-likeness (QED) is 0.795. The number of pyridine rings is 1. The molecule has 2 aromatic heterocycles. The van der Waals surface area contributed by atoms with Crippen molar-refractivity contribution in [1.82, 2.24) is 14.5 Å².